The zero-order chi connectivity index (χ0) is 19.6. The lowest BCUT2D eigenvalue weighted by Crippen LogP contribution is -2.48. The molecular formula is C20H25N5O2. The van der Waals surface area contributed by atoms with Gasteiger partial charge in [-0.15, -0.1) is 0 Å². The molecular weight excluding hydrogens is 342 g/mol. The van der Waals surface area contributed by atoms with Gasteiger partial charge < -0.3 is 9.88 Å². The number of amides is 1. The maximum Gasteiger partial charge on any atom is 0.275 e. The van der Waals surface area contributed by atoms with Gasteiger partial charge in [0.2, 0.25) is 5.91 Å². The molecule has 7 nitrogen and oxygen atoms in total. The summed E-state index contributed by atoms with van der Waals surface area (Å²) in [6.07, 6.45) is 5.30. The van der Waals surface area contributed by atoms with Crippen LogP contribution in [0.2, 0.25) is 0 Å². The average molecular weight is 367 g/mol. The van der Waals surface area contributed by atoms with Crippen molar-refractivity contribution in [3.8, 4) is 0 Å². The highest BCUT2D eigenvalue weighted by molar-refractivity contribution is 5.83. The molecule has 0 fully saturated rings. The van der Waals surface area contributed by atoms with E-state index in [1.165, 1.54) is 4.68 Å². The van der Waals surface area contributed by atoms with Crippen molar-refractivity contribution < 1.29 is 4.79 Å². The highest BCUT2D eigenvalue weighted by Gasteiger charge is 2.27. The fraction of sp³-hybridized carbons (Fsp3) is 0.400. The fourth-order valence-corrected chi connectivity index (χ4v) is 3.03. The lowest BCUT2D eigenvalue weighted by atomic mass is 9.86. The van der Waals surface area contributed by atoms with E-state index in [0.29, 0.717) is 11.9 Å². The van der Waals surface area contributed by atoms with E-state index in [0.717, 1.165) is 11.1 Å². The molecule has 0 unspecified atom stereocenters. The van der Waals surface area contributed by atoms with Crippen LogP contribution in [0, 0.1) is 12.3 Å². The predicted octanol–water partition coefficient (Wildman–Crippen LogP) is 2.13. The second-order valence-electron chi connectivity index (χ2n) is 7.84. The quantitative estimate of drug-likeness (QED) is 0.749. The molecule has 3 aromatic rings. The van der Waals surface area contributed by atoms with Crippen LogP contribution in [0.1, 0.15) is 26.5 Å². The number of carbonyl (C=O) groups excluding carboxylic acids is 1. The van der Waals surface area contributed by atoms with Crippen LogP contribution in [-0.2, 0) is 17.9 Å². The van der Waals surface area contributed by atoms with Crippen molar-refractivity contribution in [2.75, 3.05) is 0 Å². The van der Waals surface area contributed by atoms with Crippen molar-refractivity contribution in [3.05, 3.63) is 59.0 Å². The number of fused-ring (bicyclic) bond motifs is 1. The van der Waals surface area contributed by atoms with Crippen molar-refractivity contribution in [1.29, 1.82) is 0 Å². The van der Waals surface area contributed by atoms with Crippen molar-refractivity contribution in [2.45, 2.75) is 46.8 Å². The highest BCUT2D eigenvalue weighted by Crippen LogP contribution is 2.21. The largest absolute Gasteiger partial charge is 0.349 e. The SMILES string of the molecule is Cc1nn(CC(=O)N[C@H](Cn2ccnc2)C(C)(C)C)c(=O)c2ccccc12. The molecule has 1 amide bonds. The van der Waals surface area contributed by atoms with Gasteiger partial charge in [0.25, 0.3) is 5.56 Å². The van der Waals surface area contributed by atoms with Gasteiger partial charge in [0.05, 0.1) is 23.4 Å². The normalized spacial score (nSPS) is 12.9. The third-order valence-corrected chi connectivity index (χ3v) is 4.68. The van der Waals surface area contributed by atoms with E-state index in [-0.39, 0.29) is 29.5 Å². The van der Waals surface area contributed by atoms with Crippen LogP contribution in [0.3, 0.4) is 0 Å². The summed E-state index contributed by atoms with van der Waals surface area (Å²) in [4.78, 5) is 29.4. The first-order chi connectivity index (χ1) is 12.8. The molecule has 0 aliphatic carbocycles. The van der Waals surface area contributed by atoms with E-state index >= 15 is 0 Å². The molecule has 1 atom stereocenters. The summed E-state index contributed by atoms with van der Waals surface area (Å²) in [5, 5.41) is 8.75. The van der Waals surface area contributed by atoms with Crippen LogP contribution >= 0.6 is 0 Å². The van der Waals surface area contributed by atoms with E-state index in [1.54, 1.807) is 18.6 Å². The van der Waals surface area contributed by atoms with Gasteiger partial charge in [0.1, 0.15) is 6.54 Å². The van der Waals surface area contributed by atoms with Crippen LogP contribution in [0.25, 0.3) is 10.8 Å². The fourth-order valence-electron chi connectivity index (χ4n) is 3.03. The van der Waals surface area contributed by atoms with Gasteiger partial charge in [-0.2, -0.15) is 5.10 Å². The number of carbonyl (C=O) groups is 1. The van der Waals surface area contributed by atoms with Crippen LogP contribution < -0.4 is 10.9 Å². The molecule has 1 N–H and O–H groups in total. The lowest BCUT2D eigenvalue weighted by molar-refractivity contribution is -0.123. The van der Waals surface area contributed by atoms with Crippen LogP contribution in [0.4, 0.5) is 0 Å². The number of rotatable bonds is 5. The van der Waals surface area contributed by atoms with Gasteiger partial charge in [-0.1, -0.05) is 39.0 Å². The zero-order valence-corrected chi connectivity index (χ0v) is 16.1. The number of hydrogen-bond acceptors (Lipinski definition) is 4. The molecule has 0 spiro atoms. The van der Waals surface area contributed by atoms with E-state index in [4.69, 9.17) is 0 Å². The van der Waals surface area contributed by atoms with Crippen LogP contribution in [0.5, 0.6) is 0 Å². The molecule has 27 heavy (non-hydrogen) atoms. The Morgan fingerprint density at radius 3 is 2.56 bits per heavy atom. The molecule has 0 saturated heterocycles. The summed E-state index contributed by atoms with van der Waals surface area (Å²) in [6, 6.07) is 7.20. The number of aryl methyl sites for hydroxylation is 1. The number of imidazole rings is 1. The molecule has 0 radical (unpaired) electrons. The summed E-state index contributed by atoms with van der Waals surface area (Å²) in [5.74, 6) is -0.237. The Labute approximate surface area is 158 Å². The minimum absolute atomic E-state index is 0.110. The number of nitrogens with one attached hydrogen (secondary N) is 1. The van der Waals surface area contributed by atoms with Crippen molar-refractivity contribution in [3.63, 3.8) is 0 Å². The lowest BCUT2D eigenvalue weighted by Gasteiger charge is -2.31. The minimum atomic E-state index is -0.256. The van der Waals surface area contributed by atoms with Gasteiger partial charge in [0.15, 0.2) is 0 Å². The van der Waals surface area contributed by atoms with Gasteiger partial charge in [0, 0.05) is 24.3 Å². The molecule has 0 bridgehead atoms. The summed E-state index contributed by atoms with van der Waals surface area (Å²) >= 11 is 0. The molecule has 0 aliphatic rings. The monoisotopic (exact) mass is 367 g/mol. The average Bonchev–Trinajstić information content (AvgIpc) is 3.11. The molecule has 1 aromatic carbocycles. The summed E-state index contributed by atoms with van der Waals surface area (Å²) in [6.45, 7) is 8.54. The summed E-state index contributed by atoms with van der Waals surface area (Å²) < 4.78 is 3.17. The van der Waals surface area contributed by atoms with E-state index in [1.807, 2.05) is 35.9 Å². The van der Waals surface area contributed by atoms with Crippen LogP contribution in [0.15, 0.2) is 47.8 Å². The second-order valence-corrected chi connectivity index (χ2v) is 7.84. The molecule has 142 valence electrons. The maximum atomic E-state index is 12.7. The maximum absolute atomic E-state index is 12.7. The van der Waals surface area contributed by atoms with Gasteiger partial charge >= 0.3 is 0 Å². The van der Waals surface area contributed by atoms with Gasteiger partial charge in [-0.3, -0.25) is 9.59 Å². The molecule has 0 aliphatic heterocycles. The highest BCUT2D eigenvalue weighted by atomic mass is 16.2. The Kier molecular flexibility index (Phi) is 5.12. The second kappa shape index (κ2) is 7.34. The Hall–Kier alpha value is -2.96. The minimum Gasteiger partial charge on any atom is -0.349 e. The smallest absolute Gasteiger partial charge is 0.275 e. The Morgan fingerprint density at radius 1 is 1.22 bits per heavy atom. The van der Waals surface area contributed by atoms with Gasteiger partial charge in [-0.25, -0.2) is 9.67 Å². The Morgan fingerprint density at radius 2 is 1.93 bits per heavy atom. The first-order valence-corrected chi connectivity index (χ1v) is 8.97. The number of nitrogens with zero attached hydrogens (tertiary/aromatic N) is 4. The van der Waals surface area contributed by atoms with E-state index in [2.05, 4.69) is 36.2 Å². The molecule has 2 aromatic heterocycles. The van der Waals surface area contributed by atoms with Crippen molar-refractivity contribution >= 4 is 16.7 Å². The molecule has 2 heterocycles. The predicted molar refractivity (Wildman–Crippen MR) is 104 cm³/mol. The van der Waals surface area contributed by atoms with Crippen LogP contribution in [-0.4, -0.2) is 31.3 Å². The first kappa shape index (κ1) is 18.8. The van der Waals surface area contributed by atoms with Crippen molar-refractivity contribution in [1.82, 2.24) is 24.6 Å². The third kappa shape index (κ3) is 4.24. The Bertz CT molecular complexity index is 999. The van der Waals surface area contributed by atoms with E-state index < -0.39 is 0 Å². The summed E-state index contributed by atoms with van der Waals surface area (Å²) in [7, 11) is 0. The topological polar surface area (TPSA) is 81.8 Å². The first-order valence-electron chi connectivity index (χ1n) is 8.97. The summed E-state index contributed by atoms with van der Waals surface area (Å²) in [5.41, 5.74) is 0.314. The van der Waals surface area contributed by atoms with Crippen molar-refractivity contribution in [2.24, 2.45) is 5.41 Å². The van der Waals surface area contributed by atoms with Gasteiger partial charge in [-0.05, 0) is 18.4 Å². The Balaban J connectivity index is 1.81. The molecule has 0 saturated carbocycles. The number of aromatic nitrogens is 4. The number of hydrogen-bond donors (Lipinski definition) is 1. The third-order valence-electron chi connectivity index (χ3n) is 4.68. The number of benzene rings is 1. The zero-order valence-electron chi connectivity index (χ0n) is 16.1. The van der Waals surface area contributed by atoms with E-state index in [9.17, 15) is 9.59 Å². The standard InChI is InChI=1S/C20H25N5O2/c1-14-15-7-5-6-8-16(15)19(27)25(23-14)12-18(26)22-17(20(2,3)4)11-24-10-9-21-13-24/h5-10,13,17H,11-12H2,1-4H3,(H,22,26)/t17-/m1/s1. The molecule has 3 rings (SSSR count). The molecule has 7 heteroatoms.